The van der Waals surface area contributed by atoms with Crippen LogP contribution in [0.5, 0.6) is 0 Å². The molecule has 2 aliphatic rings. The van der Waals surface area contributed by atoms with Crippen LogP contribution in [0.15, 0.2) is 219 Å². The van der Waals surface area contributed by atoms with Gasteiger partial charge in [-0.05, 0) is 109 Å². The molecule has 0 saturated heterocycles. The van der Waals surface area contributed by atoms with Gasteiger partial charge in [-0.2, -0.15) is 0 Å². The summed E-state index contributed by atoms with van der Waals surface area (Å²) in [4.78, 5) is 15.7. The summed E-state index contributed by atoms with van der Waals surface area (Å²) < 4.78 is 0. The molecule has 1 radical (unpaired) electrons. The van der Waals surface area contributed by atoms with Crippen molar-refractivity contribution in [3.8, 4) is 101 Å². The van der Waals surface area contributed by atoms with E-state index in [2.05, 4.69) is 274 Å². The number of hydrogen-bond acceptors (Lipinski definition) is 3. The molecule has 2 aromatic heterocycles. The SMILES string of the molecule is Cc1cc(C)cc(-c2ccccc2-c2c[c-]c(-c3ccc(-c4nc(-c5ccc(C(C)(C)C)cc5)cc(-c5ccc(C(C)(C)C)cc5)n4)cn3)cc2-c2ccc3c(c2)C2(c4ccccc4-c4ccccc42)c2ccccc2-3)c1.[Ir]. The molecule has 0 atom stereocenters. The monoisotopic (exact) mass is 1180 g/mol. The average Bonchev–Trinajstić information content (AvgIpc) is 3.24. The Morgan fingerprint density at radius 2 is 0.821 bits per heavy atom. The van der Waals surface area contributed by atoms with Gasteiger partial charge in [-0.3, -0.25) is 0 Å². The van der Waals surface area contributed by atoms with Crippen LogP contribution in [0.3, 0.4) is 0 Å². The summed E-state index contributed by atoms with van der Waals surface area (Å²) in [5.41, 5.74) is 28.4. The Bertz CT molecular complexity index is 3960. The molecule has 2 heterocycles. The summed E-state index contributed by atoms with van der Waals surface area (Å²) >= 11 is 0. The average molecular weight is 1180 g/mol. The molecular formula is C74H60IrN3-. The molecule has 381 valence electrons. The summed E-state index contributed by atoms with van der Waals surface area (Å²) in [6.45, 7) is 17.8. The van der Waals surface area contributed by atoms with Crippen LogP contribution in [0.25, 0.3) is 101 Å². The molecule has 78 heavy (non-hydrogen) atoms. The largest absolute Gasteiger partial charge is 0.304 e. The van der Waals surface area contributed by atoms with Crippen molar-refractivity contribution in [1.82, 2.24) is 15.0 Å². The van der Waals surface area contributed by atoms with Gasteiger partial charge < -0.3 is 4.98 Å². The predicted octanol–water partition coefficient (Wildman–Crippen LogP) is 18.9. The fourth-order valence-electron chi connectivity index (χ4n) is 12.3. The van der Waals surface area contributed by atoms with Gasteiger partial charge in [0.25, 0.3) is 0 Å². The first kappa shape index (κ1) is 50.7. The van der Waals surface area contributed by atoms with Gasteiger partial charge in [0.2, 0.25) is 0 Å². The molecule has 2 aliphatic carbocycles. The molecule has 3 nitrogen and oxygen atoms in total. The van der Waals surface area contributed by atoms with Crippen LogP contribution in [-0.4, -0.2) is 15.0 Å². The molecule has 4 heteroatoms. The minimum absolute atomic E-state index is 0. The normalized spacial score (nSPS) is 12.9. The van der Waals surface area contributed by atoms with E-state index in [9.17, 15) is 0 Å². The number of fused-ring (bicyclic) bond motifs is 10. The first-order valence-corrected chi connectivity index (χ1v) is 27.0. The van der Waals surface area contributed by atoms with E-state index in [0.29, 0.717) is 5.82 Å². The van der Waals surface area contributed by atoms with E-state index in [0.717, 1.165) is 61.6 Å². The standard InChI is InChI=1S/C74H60N3.Ir/c1-46-39-47(2)41-53(40-46)56-17-9-10-18-57(56)58-36-30-51(42-63(58)50-29-37-62-61-21-13-16-24-66(61)74(67(62)43-50)64-22-14-11-19-59(64)60-20-12-15-23-65(60)74)68-38-31-52(45-75-68)71-76-69(48-25-32-54(33-26-48)72(3,4)5)44-70(77-71)49-27-34-55(35-28-49)73(6,7)8;/h9-29,31-45H,1-8H3;/q-1;. The predicted molar refractivity (Wildman–Crippen MR) is 320 cm³/mol. The molecule has 1 spiro atoms. The fourth-order valence-corrected chi connectivity index (χ4v) is 12.3. The number of aromatic nitrogens is 3. The Balaban J connectivity index is 0.00000609. The molecule has 11 aromatic rings. The van der Waals surface area contributed by atoms with Crippen LogP contribution >= 0.6 is 0 Å². The zero-order chi connectivity index (χ0) is 52.8. The van der Waals surface area contributed by atoms with Crippen LogP contribution in [0, 0.1) is 19.9 Å². The maximum atomic E-state index is 5.24. The number of aryl methyl sites for hydroxylation is 2. The summed E-state index contributed by atoms with van der Waals surface area (Å²) in [7, 11) is 0. The quantitative estimate of drug-likeness (QED) is 0.149. The van der Waals surface area contributed by atoms with Crippen molar-refractivity contribution in [3.05, 3.63) is 269 Å². The molecule has 0 bridgehead atoms. The molecule has 0 aliphatic heterocycles. The molecule has 0 saturated carbocycles. The fraction of sp³-hybridized carbons (Fsp3) is 0.149. The van der Waals surface area contributed by atoms with E-state index in [-0.39, 0.29) is 30.9 Å². The van der Waals surface area contributed by atoms with E-state index >= 15 is 0 Å². The molecule has 9 aromatic carbocycles. The van der Waals surface area contributed by atoms with Crippen molar-refractivity contribution in [2.45, 2.75) is 71.6 Å². The van der Waals surface area contributed by atoms with E-state index in [1.165, 1.54) is 77.9 Å². The van der Waals surface area contributed by atoms with E-state index < -0.39 is 5.41 Å². The van der Waals surface area contributed by atoms with Crippen LogP contribution in [0.1, 0.15) is 86.1 Å². The van der Waals surface area contributed by atoms with Crippen molar-refractivity contribution < 1.29 is 20.1 Å². The molecule has 0 fully saturated rings. The zero-order valence-electron chi connectivity index (χ0n) is 45.5. The first-order chi connectivity index (χ1) is 37.2. The molecule has 0 unspecified atom stereocenters. The smallest absolute Gasteiger partial charge is 0.161 e. The number of benzene rings is 9. The molecule has 13 rings (SSSR count). The summed E-state index contributed by atoms with van der Waals surface area (Å²) in [6.07, 6.45) is 1.92. The van der Waals surface area contributed by atoms with Gasteiger partial charge in [0, 0.05) is 43.0 Å². The minimum atomic E-state index is -0.474. The Morgan fingerprint density at radius 3 is 1.32 bits per heavy atom. The maximum Gasteiger partial charge on any atom is 0.161 e. The zero-order valence-corrected chi connectivity index (χ0v) is 47.9. The van der Waals surface area contributed by atoms with E-state index in [4.69, 9.17) is 15.0 Å². The van der Waals surface area contributed by atoms with Gasteiger partial charge in [-0.15, -0.1) is 23.8 Å². The van der Waals surface area contributed by atoms with E-state index in [1.807, 2.05) is 6.20 Å². The van der Waals surface area contributed by atoms with Crippen LogP contribution in [0.4, 0.5) is 0 Å². The second-order valence-electron chi connectivity index (χ2n) is 23.3. The summed E-state index contributed by atoms with van der Waals surface area (Å²) in [5.74, 6) is 0.627. The maximum absolute atomic E-state index is 5.24. The van der Waals surface area contributed by atoms with Gasteiger partial charge in [0.05, 0.1) is 16.8 Å². The molecule has 0 N–H and O–H groups in total. The van der Waals surface area contributed by atoms with Crippen molar-refractivity contribution in [2.24, 2.45) is 0 Å². The van der Waals surface area contributed by atoms with Gasteiger partial charge in [0.15, 0.2) is 5.82 Å². The van der Waals surface area contributed by atoms with E-state index in [1.54, 1.807) is 0 Å². The Morgan fingerprint density at radius 1 is 0.359 bits per heavy atom. The second kappa shape index (κ2) is 19.4. The van der Waals surface area contributed by atoms with Crippen molar-refractivity contribution in [3.63, 3.8) is 0 Å². The number of rotatable bonds is 7. The van der Waals surface area contributed by atoms with Crippen LogP contribution in [-0.2, 0) is 36.4 Å². The third-order valence-corrected chi connectivity index (χ3v) is 16.1. The van der Waals surface area contributed by atoms with Gasteiger partial charge in [-0.25, -0.2) is 9.97 Å². The topological polar surface area (TPSA) is 38.7 Å². The third-order valence-electron chi connectivity index (χ3n) is 16.1. The Hall–Kier alpha value is -8.14. The Labute approximate surface area is 473 Å². The first-order valence-electron chi connectivity index (χ1n) is 27.0. The molecule has 0 amide bonds. The van der Waals surface area contributed by atoms with Crippen molar-refractivity contribution in [2.75, 3.05) is 0 Å². The van der Waals surface area contributed by atoms with Gasteiger partial charge in [0.1, 0.15) is 0 Å². The second-order valence-corrected chi connectivity index (χ2v) is 23.3. The Kier molecular flexibility index (Phi) is 12.6. The molecular weight excluding hydrogens is 1120 g/mol. The number of pyridine rings is 1. The van der Waals surface area contributed by atoms with Crippen molar-refractivity contribution in [1.29, 1.82) is 0 Å². The number of hydrogen-bond donors (Lipinski definition) is 0. The van der Waals surface area contributed by atoms with Crippen LogP contribution in [0.2, 0.25) is 0 Å². The summed E-state index contributed by atoms with van der Waals surface area (Å²) in [6, 6.07) is 82.1. The van der Waals surface area contributed by atoms with Gasteiger partial charge >= 0.3 is 0 Å². The van der Waals surface area contributed by atoms with Gasteiger partial charge in [-0.1, -0.05) is 263 Å². The minimum Gasteiger partial charge on any atom is -0.304 e. The van der Waals surface area contributed by atoms with Crippen molar-refractivity contribution >= 4 is 0 Å². The summed E-state index contributed by atoms with van der Waals surface area (Å²) in [5, 5.41) is 0. The number of nitrogens with zero attached hydrogens (tertiary/aromatic N) is 3. The third kappa shape index (κ3) is 8.60. The van der Waals surface area contributed by atoms with Crippen LogP contribution < -0.4 is 0 Å².